The van der Waals surface area contributed by atoms with E-state index in [9.17, 15) is 0 Å². The number of fused-ring (bicyclic) bond motifs is 4. The minimum atomic E-state index is 0.221. The molecule has 178 valence electrons. The largest absolute Gasteiger partial charge is 0.453 e. The molecule has 0 fully saturated rings. The normalized spacial score (nSPS) is 12.5. The molecule has 37 heavy (non-hydrogen) atoms. The average Bonchev–Trinajstić information content (AvgIpc) is 2.94. The summed E-state index contributed by atoms with van der Waals surface area (Å²) < 4.78 is 13.0. The van der Waals surface area contributed by atoms with Crippen LogP contribution in [0.4, 0.5) is 11.4 Å². The van der Waals surface area contributed by atoms with E-state index in [-0.39, 0.29) is 10.0 Å². The number of para-hydroxylation sites is 2. The predicted molar refractivity (Wildman–Crippen MR) is 147 cm³/mol. The van der Waals surface area contributed by atoms with E-state index in [0.717, 1.165) is 22.4 Å². The Bertz CT molecular complexity index is 1860. The van der Waals surface area contributed by atoms with Gasteiger partial charge < -0.3 is 9.47 Å². The van der Waals surface area contributed by atoms with E-state index >= 15 is 0 Å². The van der Waals surface area contributed by atoms with Crippen molar-refractivity contribution < 1.29 is 9.47 Å². The van der Waals surface area contributed by atoms with Crippen molar-refractivity contribution in [2.75, 3.05) is 0 Å². The van der Waals surface area contributed by atoms with Crippen molar-refractivity contribution in [3.8, 4) is 45.3 Å². The quantitative estimate of drug-likeness (QED) is 0.205. The zero-order chi connectivity index (χ0) is 25.1. The van der Waals surface area contributed by atoms with Crippen molar-refractivity contribution in [2.45, 2.75) is 0 Å². The van der Waals surface area contributed by atoms with Gasteiger partial charge in [0.25, 0.3) is 0 Å². The fraction of sp³-hybridized carbons (Fsp3) is 0. The molecule has 2 aliphatic heterocycles. The molecule has 2 aliphatic rings. The van der Waals surface area contributed by atoms with Crippen molar-refractivity contribution in [3.63, 3.8) is 0 Å². The van der Waals surface area contributed by atoms with Gasteiger partial charge in [0, 0.05) is 11.6 Å². The highest BCUT2D eigenvalue weighted by Gasteiger charge is 2.30. The van der Waals surface area contributed by atoms with Gasteiger partial charge in [-0.25, -0.2) is 9.98 Å². The third-order valence-electron chi connectivity index (χ3n) is 6.33. The second kappa shape index (κ2) is 8.63. The first-order valence-corrected chi connectivity index (χ1v) is 12.6. The molecule has 7 heteroatoms. The lowest BCUT2D eigenvalue weighted by molar-refractivity contribution is 0.453. The lowest BCUT2D eigenvalue weighted by atomic mass is 9.99. The van der Waals surface area contributed by atoms with Crippen molar-refractivity contribution >= 4 is 46.2 Å². The smallest absolute Gasteiger partial charge is 0.164 e. The first kappa shape index (κ1) is 22.4. The number of benzene rings is 5. The van der Waals surface area contributed by atoms with Crippen LogP contribution in [-0.4, -0.2) is 0 Å². The third kappa shape index (κ3) is 3.52. The van der Waals surface area contributed by atoms with Crippen molar-refractivity contribution in [1.29, 1.82) is 0 Å². The fourth-order valence-electron chi connectivity index (χ4n) is 4.65. The Balaban J connectivity index is 1.59. The van der Waals surface area contributed by atoms with Crippen LogP contribution < -0.4 is 20.2 Å². The van der Waals surface area contributed by atoms with Crippen LogP contribution >= 0.6 is 34.8 Å². The lowest BCUT2D eigenvalue weighted by Gasteiger charge is -2.24. The maximum Gasteiger partial charge on any atom is 0.164 e. The van der Waals surface area contributed by atoms with Gasteiger partial charge in [-0.2, -0.15) is 0 Å². The zero-order valence-electron chi connectivity index (χ0n) is 19.0. The second-order valence-electron chi connectivity index (χ2n) is 8.57. The minimum Gasteiger partial charge on any atom is -0.453 e. The fourth-order valence-corrected chi connectivity index (χ4v) is 5.40. The van der Waals surface area contributed by atoms with Crippen LogP contribution in [-0.2, 0) is 0 Å². The van der Waals surface area contributed by atoms with Gasteiger partial charge >= 0.3 is 0 Å². The summed E-state index contributed by atoms with van der Waals surface area (Å²) in [5.74, 6) is 2.22. The molecule has 0 N–H and O–H groups in total. The van der Waals surface area contributed by atoms with E-state index in [2.05, 4.69) is 0 Å². The minimum absolute atomic E-state index is 0.221. The Morgan fingerprint density at radius 3 is 1.92 bits per heavy atom. The average molecular weight is 542 g/mol. The highest BCUT2D eigenvalue weighted by atomic mass is 35.5. The van der Waals surface area contributed by atoms with Gasteiger partial charge in [-0.15, -0.1) is 0 Å². The summed E-state index contributed by atoms with van der Waals surface area (Å²) in [6.07, 6.45) is 0. The number of hydrogen-bond acceptors (Lipinski definition) is 4. The number of nitrogens with zero attached hydrogens (tertiary/aromatic N) is 2. The van der Waals surface area contributed by atoms with Crippen molar-refractivity contribution in [1.82, 2.24) is 0 Å². The molecule has 0 saturated heterocycles. The van der Waals surface area contributed by atoms with E-state index in [4.69, 9.17) is 54.3 Å². The highest BCUT2D eigenvalue weighted by Crippen LogP contribution is 2.54. The van der Waals surface area contributed by atoms with E-state index in [1.165, 1.54) is 0 Å². The summed E-state index contributed by atoms with van der Waals surface area (Å²) in [6.45, 7) is 0. The molecule has 2 heterocycles. The molecule has 0 bridgehead atoms. The SMILES string of the molecule is Clc1c(Cl)c2c(c(-c3ccccc3)c1Cl)Oc1c(-c3ccccc3)c3c(cc1=N2)Oc1ccccc1N=3. The molecule has 0 atom stereocenters. The van der Waals surface area contributed by atoms with E-state index in [0.29, 0.717) is 50.0 Å². The molecule has 0 aliphatic carbocycles. The van der Waals surface area contributed by atoms with Gasteiger partial charge in [-0.1, -0.05) is 108 Å². The molecule has 0 spiro atoms. The monoisotopic (exact) mass is 540 g/mol. The molecule has 0 saturated carbocycles. The first-order valence-electron chi connectivity index (χ1n) is 11.5. The summed E-state index contributed by atoms with van der Waals surface area (Å²) in [7, 11) is 0. The molecule has 5 aromatic carbocycles. The van der Waals surface area contributed by atoms with Gasteiger partial charge in [-0.3, -0.25) is 0 Å². The second-order valence-corrected chi connectivity index (χ2v) is 9.70. The van der Waals surface area contributed by atoms with Crippen LogP contribution in [0.3, 0.4) is 0 Å². The van der Waals surface area contributed by atoms with Crippen LogP contribution in [0.25, 0.3) is 22.3 Å². The zero-order valence-corrected chi connectivity index (χ0v) is 21.3. The summed E-state index contributed by atoms with van der Waals surface area (Å²) in [4.78, 5) is 9.88. The van der Waals surface area contributed by atoms with Crippen LogP contribution in [0.1, 0.15) is 0 Å². The van der Waals surface area contributed by atoms with Crippen LogP contribution in [0, 0.1) is 0 Å². The first-order chi connectivity index (χ1) is 18.1. The van der Waals surface area contributed by atoms with Gasteiger partial charge in [0.05, 0.1) is 20.6 Å². The van der Waals surface area contributed by atoms with Crippen molar-refractivity contribution in [3.05, 3.63) is 117 Å². The number of halogens is 3. The maximum atomic E-state index is 6.75. The van der Waals surface area contributed by atoms with E-state index in [1.54, 1.807) is 0 Å². The number of ether oxygens (including phenoxy) is 2. The maximum absolute atomic E-state index is 6.75. The van der Waals surface area contributed by atoms with E-state index in [1.807, 2.05) is 91.0 Å². The van der Waals surface area contributed by atoms with Crippen LogP contribution in [0.15, 0.2) is 101 Å². The highest BCUT2D eigenvalue weighted by molar-refractivity contribution is 6.50. The molecule has 0 aromatic heterocycles. The number of hydrogen-bond donors (Lipinski definition) is 0. The Morgan fingerprint density at radius 2 is 1.19 bits per heavy atom. The van der Waals surface area contributed by atoms with E-state index < -0.39 is 0 Å². The molecule has 0 radical (unpaired) electrons. The topological polar surface area (TPSA) is 43.2 Å². The molecule has 0 amide bonds. The van der Waals surface area contributed by atoms with Gasteiger partial charge in [0.15, 0.2) is 23.0 Å². The van der Waals surface area contributed by atoms with Gasteiger partial charge in [-0.05, 0) is 23.3 Å². The predicted octanol–water partition coefficient (Wildman–Crippen LogP) is 9.09. The molecular formula is C30H15Cl3N2O2. The third-order valence-corrected chi connectivity index (χ3v) is 7.65. The van der Waals surface area contributed by atoms with Gasteiger partial charge in [0.1, 0.15) is 22.1 Å². The Labute approximate surface area is 227 Å². The summed E-state index contributed by atoms with van der Waals surface area (Å²) >= 11 is 20.0. The molecular weight excluding hydrogens is 527 g/mol. The summed E-state index contributed by atoms with van der Waals surface area (Å²) in [6, 6.07) is 29.0. The lowest BCUT2D eigenvalue weighted by Crippen LogP contribution is -2.22. The molecule has 7 rings (SSSR count). The molecule has 4 nitrogen and oxygen atoms in total. The Hall–Kier alpha value is -3.83. The molecule has 0 unspecified atom stereocenters. The molecule has 5 aromatic rings. The van der Waals surface area contributed by atoms with Crippen LogP contribution in [0.2, 0.25) is 15.1 Å². The summed E-state index contributed by atoms with van der Waals surface area (Å²) in [5, 5.41) is 1.96. The van der Waals surface area contributed by atoms with Crippen LogP contribution in [0.5, 0.6) is 23.0 Å². The van der Waals surface area contributed by atoms with Crippen molar-refractivity contribution in [2.24, 2.45) is 9.98 Å². The Kier molecular flexibility index (Phi) is 5.22. The number of rotatable bonds is 2. The standard InChI is InChI=1S/C30H15Cl3N2O2/c31-24-22(16-9-3-1-4-10-16)30-28(26(33)25(24)32)35-19-15-21-27(34-18-13-7-8-14-20(18)36-21)23(29(19)37-30)17-11-5-2-6-12-17/h1-15H. The Morgan fingerprint density at radius 1 is 0.541 bits per heavy atom. The van der Waals surface area contributed by atoms with Gasteiger partial charge in [0.2, 0.25) is 0 Å². The summed E-state index contributed by atoms with van der Waals surface area (Å²) in [5.41, 5.74) is 4.28.